The summed E-state index contributed by atoms with van der Waals surface area (Å²) in [4.78, 5) is 21.0. The van der Waals surface area contributed by atoms with Crippen LogP contribution in [0.2, 0.25) is 0 Å². The summed E-state index contributed by atoms with van der Waals surface area (Å²) >= 11 is 1.49. The molecule has 5 nitrogen and oxygen atoms in total. The van der Waals surface area contributed by atoms with Crippen LogP contribution in [0.25, 0.3) is 0 Å². The number of hydrogen-bond donors (Lipinski definition) is 1. The maximum atomic E-state index is 11.5. The number of hydrogen-bond acceptors (Lipinski definition) is 5. The highest BCUT2D eigenvalue weighted by Gasteiger charge is 2.06. The standard InChI is InChI=1S/C12H11N3O2S/c13-12(9-3-1-5-14-8-9)15-17-11(16)7-10-4-2-6-18-10/h1-6,8H,7H2,(H2,13,15). The maximum absolute atomic E-state index is 11.5. The van der Waals surface area contributed by atoms with Crippen LogP contribution in [0, 0.1) is 0 Å². The Labute approximate surface area is 108 Å². The molecule has 0 atom stereocenters. The number of carbonyl (C=O) groups is 1. The maximum Gasteiger partial charge on any atom is 0.340 e. The van der Waals surface area contributed by atoms with E-state index in [1.54, 1.807) is 24.5 Å². The van der Waals surface area contributed by atoms with Gasteiger partial charge in [0.05, 0.1) is 6.42 Å². The van der Waals surface area contributed by atoms with Gasteiger partial charge in [0.1, 0.15) is 0 Å². The molecule has 18 heavy (non-hydrogen) atoms. The quantitative estimate of drug-likeness (QED) is 0.392. The number of rotatable bonds is 4. The van der Waals surface area contributed by atoms with Crippen LogP contribution in [-0.2, 0) is 16.1 Å². The Bertz CT molecular complexity index is 538. The zero-order valence-corrected chi connectivity index (χ0v) is 10.3. The predicted molar refractivity (Wildman–Crippen MR) is 69.1 cm³/mol. The van der Waals surface area contributed by atoms with Crippen molar-refractivity contribution in [3.05, 3.63) is 52.5 Å². The molecule has 0 saturated heterocycles. The summed E-state index contributed by atoms with van der Waals surface area (Å²) in [6.07, 6.45) is 3.37. The first-order chi connectivity index (χ1) is 8.75. The molecule has 2 heterocycles. The molecule has 2 aromatic heterocycles. The second kappa shape index (κ2) is 5.92. The van der Waals surface area contributed by atoms with Crippen molar-refractivity contribution >= 4 is 23.1 Å². The Morgan fingerprint density at radius 1 is 1.44 bits per heavy atom. The lowest BCUT2D eigenvalue weighted by Crippen LogP contribution is -2.15. The van der Waals surface area contributed by atoms with Crippen molar-refractivity contribution in [3.8, 4) is 0 Å². The van der Waals surface area contributed by atoms with Gasteiger partial charge in [-0.1, -0.05) is 11.2 Å². The molecule has 6 heteroatoms. The molecule has 0 bridgehead atoms. The van der Waals surface area contributed by atoms with Crippen molar-refractivity contribution in [2.45, 2.75) is 6.42 Å². The van der Waals surface area contributed by atoms with E-state index in [0.29, 0.717) is 5.56 Å². The highest BCUT2D eigenvalue weighted by Crippen LogP contribution is 2.09. The zero-order chi connectivity index (χ0) is 12.8. The number of oxime groups is 1. The molecule has 2 rings (SSSR count). The molecule has 2 aromatic rings. The summed E-state index contributed by atoms with van der Waals surface area (Å²) in [6.45, 7) is 0. The average molecular weight is 261 g/mol. The fourth-order valence-corrected chi connectivity index (χ4v) is 1.95. The average Bonchev–Trinajstić information content (AvgIpc) is 2.90. The largest absolute Gasteiger partial charge is 0.380 e. The second-order valence-corrected chi connectivity index (χ2v) is 4.47. The SMILES string of the molecule is N/C(=N/OC(=O)Cc1cccs1)c1cccnc1. The Morgan fingerprint density at radius 2 is 2.33 bits per heavy atom. The minimum absolute atomic E-state index is 0.127. The smallest absolute Gasteiger partial charge is 0.340 e. The first-order valence-corrected chi connectivity index (χ1v) is 6.10. The van der Waals surface area contributed by atoms with Crippen LogP contribution in [0.15, 0.2) is 47.2 Å². The molecule has 0 aliphatic carbocycles. The number of amidine groups is 1. The van der Waals surface area contributed by atoms with Gasteiger partial charge < -0.3 is 10.6 Å². The molecule has 92 valence electrons. The van der Waals surface area contributed by atoms with Crippen molar-refractivity contribution < 1.29 is 9.63 Å². The van der Waals surface area contributed by atoms with Crippen molar-refractivity contribution in [1.82, 2.24) is 4.98 Å². The third kappa shape index (κ3) is 3.39. The van der Waals surface area contributed by atoms with E-state index in [0.717, 1.165) is 4.88 Å². The molecular weight excluding hydrogens is 250 g/mol. The first-order valence-electron chi connectivity index (χ1n) is 5.22. The topological polar surface area (TPSA) is 77.6 Å². The molecule has 0 aliphatic heterocycles. The van der Waals surface area contributed by atoms with E-state index < -0.39 is 5.97 Å². The molecule has 0 aromatic carbocycles. The van der Waals surface area contributed by atoms with Crippen LogP contribution >= 0.6 is 11.3 Å². The molecule has 0 fully saturated rings. The fraction of sp³-hybridized carbons (Fsp3) is 0.0833. The van der Waals surface area contributed by atoms with E-state index >= 15 is 0 Å². The molecule has 0 radical (unpaired) electrons. The lowest BCUT2D eigenvalue weighted by atomic mass is 10.3. The van der Waals surface area contributed by atoms with E-state index in [1.807, 2.05) is 17.5 Å². The molecule has 0 spiro atoms. The van der Waals surface area contributed by atoms with Crippen LogP contribution in [0.3, 0.4) is 0 Å². The molecule has 0 saturated carbocycles. The summed E-state index contributed by atoms with van der Waals surface area (Å²) in [5.41, 5.74) is 6.26. The lowest BCUT2D eigenvalue weighted by Gasteiger charge is -1.99. The second-order valence-electron chi connectivity index (χ2n) is 3.44. The number of carbonyl (C=O) groups excluding carboxylic acids is 1. The summed E-state index contributed by atoms with van der Waals surface area (Å²) in [7, 11) is 0. The minimum Gasteiger partial charge on any atom is -0.380 e. The number of nitrogens with two attached hydrogens (primary N) is 1. The monoisotopic (exact) mass is 261 g/mol. The van der Waals surface area contributed by atoms with Gasteiger partial charge in [0.25, 0.3) is 0 Å². The Kier molecular flexibility index (Phi) is 4.03. The van der Waals surface area contributed by atoms with Gasteiger partial charge in [0, 0.05) is 22.8 Å². The van der Waals surface area contributed by atoms with Gasteiger partial charge in [-0.2, -0.15) is 0 Å². The van der Waals surface area contributed by atoms with Gasteiger partial charge in [0.2, 0.25) is 0 Å². The fourth-order valence-electron chi connectivity index (χ4n) is 1.25. The summed E-state index contributed by atoms with van der Waals surface area (Å²) in [5, 5.41) is 5.48. The third-order valence-corrected chi connectivity index (χ3v) is 2.98. The Balaban J connectivity index is 1.92. The van der Waals surface area contributed by atoms with Gasteiger partial charge in [-0.05, 0) is 23.6 Å². The van der Waals surface area contributed by atoms with E-state index in [4.69, 9.17) is 10.6 Å². The number of nitrogens with zero attached hydrogens (tertiary/aromatic N) is 2. The molecular formula is C12H11N3O2S. The van der Waals surface area contributed by atoms with Crippen molar-refractivity contribution in [2.75, 3.05) is 0 Å². The van der Waals surface area contributed by atoms with Gasteiger partial charge in [-0.25, -0.2) is 4.79 Å². The van der Waals surface area contributed by atoms with Crippen LogP contribution < -0.4 is 5.73 Å². The Hall–Kier alpha value is -2.21. The van der Waals surface area contributed by atoms with Gasteiger partial charge in [-0.3, -0.25) is 4.98 Å². The summed E-state index contributed by atoms with van der Waals surface area (Å²) < 4.78 is 0. The van der Waals surface area contributed by atoms with E-state index in [-0.39, 0.29) is 12.3 Å². The molecule has 2 N–H and O–H groups in total. The number of aromatic nitrogens is 1. The first kappa shape index (κ1) is 12.3. The highest BCUT2D eigenvalue weighted by atomic mass is 32.1. The van der Waals surface area contributed by atoms with Gasteiger partial charge >= 0.3 is 5.97 Å². The minimum atomic E-state index is -0.440. The number of pyridine rings is 1. The van der Waals surface area contributed by atoms with E-state index in [1.165, 1.54) is 11.3 Å². The van der Waals surface area contributed by atoms with E-state index in [9.17, 15) is 4.79 Å². The summed E-state index contributed by atoms with van der Waals surface area (Å²) in [6, 6.07) is 7.20. The zero-order valence-electron chi connectivity index (χ0n) is 9.45. The molecule has 0 aliphatic rings. The summed E-state index contributed by atoms with van der Waals surface area (Å²) in [5.74, 6) is -0.313. The van der Waals surface area contributed by atoms with Crippen molar-refractivity contribution in [2.24, 2.45) is 10.9 Å². The molecule has 0 amide bonds. The number of thiophene rings is 1. The van der Waals surface area contributed by atoms with Gasteiger partial charge in [-0.15, -0.1) is 11.3 Å². The van der Waals surface area contributed by atoms with Crippen LogP contribution in [0.5, 0.6) is 0 Å². The normalized spacial score (nSPS) is 11.2. The van der Waals surface area contributed by atoms with Crippen LogP contribution in [0.1, 0.15) is 10.4 Å². The van der Waals surface area contributed by atoms with Crippen molar-refractivity contribution in [1.29, 1.82) is 0 Å². The highest BCUT2D eigenvalue weighted by molar-refractivity contribution is 7.10. The van der Waals surface area contributed by atoms with Crippen LogP contribution in [0.4, 0.5) is 0 Å². The third-order valence-electron chi connectivity index (χ3n) is 2.10. The lowest BCUT2D eigenvalue weighted by molar-refractivity contribution is -0.142. The van der Waals surface area contributed by atoms with Crippen molar-refractivity contribution in [3.63, 3.8) is 0 Å². The Morgan fingerprint density at radius 3 is 3.00 bits per heavy atom. The molecule has 0 unspecified atom stereocenters. The van der Waals surface area contributed by atoms with E-state index in [2.05, 4.69) is 10.1 Å². The predicted octanol–water partition coefficient (Wildman–Crippen LogP) is 1.55. The van der Waals surface area contributed by atoms with Gasteiger partial charge in [0.15, 0.2) is 5.84 Å². The van der Waals surface area contributed by atoms with Crippen LogP contribution in [-0.4, -0.2) is 16.8 Å².